The summed E-state index contributed by atoms with van der Waals surface area (Å²) in [6.45, 7) is 7.68. The molecule has 0 saturated carbocycles. The molecule has 0 spiro atoms. The smallest absolute Gasteiger partial charge is 0.351 e. The van der Waals surface area contributed by atoms with Crippen LogP contribution in [0.25, 0.3) is 27.2 Å². The molecule has 0 aliphatic rings. The van der Waals surface area contributed by atoms with E-state index >= 15 is 0 Å². The number of hydrogen-bond donors (Lipinski definition) is 0. The number of aromatic nitrogens is 3. The van der Waals surface area contributed by atoms with E-state index in [1.165, 1.54) is 25.3 Å². The van der Waals surface area contributed by atoms with Crippen molar-refractivity contribution in [2.75, 3.05) is 7.11 Å². The van der Waals surface area contributed by atoms with Crippen LogP contribution in [-0.2, 0) is 4.74 Å². The van der Waals surface area contributed by atoms with Crippen LogP contribution in [0.3, 0.4) is 0 Å². The number of imidazole rings is 1. The Labute approximate surface area is 223 Å². The first kappa shape index (κ1) is 26.9. The van der Waals surface area contributed by atoms with Crippen molar-refractivity contribution >= 4 is 28.3 Å². The third kappa shape index (κ3) is 5.43. The SMILES string of the molecule is C=C/C=C(\C(=C/C)C(C)(F)F)C(C)Oc1cc(-n2cnc3cc(-c4ccncc4)ccc32)sc1C(=O)OC. The van der Waals surface area contributed by atoms with E-state index in [1.54, 1.807) is 38.6 Å². The number of ether oxygens (including phenoxy) is 2. The van der Waals surface area contributed by atoms with Crippen molar-refractivity contribution in [2.24, 2.45) is 0 Å². The zero-order valence-corrected chi connectivity index (χ0v) is 22.3. The van der Waals surface area contributed by atoms with Crippen LogP contribution in [0.5, 0.6) is 5.75 Å². The Morgan fingerprint density at radius 3 is 2.55 bits per heavy atom. The molecule has 4 rings (SSSR count). The number of carbonyl (C=O) groups excluding carboxylic acids is 1. The Kier molecular flexibility index (Phi) is 7.87. The van der Waals surface area contributed by atoms with Crippen LogP contribution in [0.1, 0.15) is 30.4 Å². The van der Waals surface area contributed by atoms with Crippen molar-refractivity contribution in [3.8, 4) is 21.9 Å². The number of fused-ring (bicyclic) bond motifs is 1. The van der Waals surface area contributed by atoms with Gasteiger partial charge in [0.25, 0.3) is 5.92 Å². The second-order valence-electron chi connectivity index (χ2n) is 8.53. The number of methoxy groups -OCH3 is 1. The topological polar surface area (TPSA) is 66.2 Å². The van der Waals surface area contributed by atoms with Gasteiger partial charge in [0.1, 0.15) is 23.2 Å². The summed E-state index contributed by atoms with van der Waals surface area (Å²) in [6.07, 6.45) is 8.61. The van der Waals surface area contributed by atoms with Crippen LogP contribution < -0.4 is 4.74 Å². The van der Waals surface area contributed by atoms with Crippen LogP contribution in [0, 0.1) is 0 Å². The molecule has 6 nitrogen and oxygen atoms in total. The highest BCUT2D eigenvalue weighted by Crippen LogP contribution is 2.38. The van der Waals surface area contributed by atoms with Crippen molar-refractivity contribution in [1.29, 1.82) is 0 Å². The summed E-state index contributed by atoms with van der Waals surface area (Å²) in [5, 5.41) is 0.660. The van der Waals surface area contributed by atoms with Crippen LogP contribution in [0.4, 0.5) is 8.78 Å². The number of carbonyl (C=O) groups is 1. The summed E-state index contributed by atoms with van der Waals surface area (Å²) in [7, 11) is 1.28. The summed E-state index contributed by atoms with van der Waals surface area (Å²) in [5.74, 6) is -3.45. The molecule has 0 bridgehead atoms. The quantitative estimate of drug-likeness (QED) is 0.165. The fourth-order valence-electron chi connectivity index (χ4n) is 4.21. The number of halogens is 2. The van der Waals surface area contributed by atoms with Crippen LogP contribution >= 0.6 is 11.3 Å². The fourth-order valence-corrected chi connectivity index (χ4v) is 5.21. The maximum Gasteiger partial charge on any atom is 0.351 e. The van der Waals surface area contributed by atoms with Gasteiger partial charge >= 0.3 is 5.97 Å². The molecule has 1 aromatic carbocycles. The third-order valence-electron chi connectivity index (χ3n) is 5.97. The van der Waals surface area contributed by atoms with Crippen molar-refractivity contribution in [3.63, 3.8) is 0 Å². The van der Waals surface area contributed by atoms with Gasteiger partial charge in [-0.05, 0) is 49.2 Å². The van der Waals surface area contributed by atoms with Gasteiger partial charge in [0, 0.05) is 36.5 Å². The minimum Gasteiger partial charge on any atom is -0.484 e. The molecule has 3 heterocycles. The largest absolute Gasteiger partial charge is 0.484 e. The van der Waals surface area contributed by atoms with E-state index in [0.29, 0.717) is 5.00 Å². The Morgan fingerprint density at radius 2 is 1.92 bits per heavy atom. The average Bonchev–Trinajstić information content (AvgIpc) is 3.51. The highest BCUT2D eigenvalue weighted by Gasteiger charge is 2.33. The highest BCUT2D eigenvalue weighted by atomic mass is 32.1. The summed E-state index contributed by atoms with van der Waals surface area (Å²) in [5.41, 5.74) is 3.70. The molecule has 1 unspecified atom stereocenters. The molecule has 0 aliphatic carbocycles. The number of esters is 1. The van der Waals surface area contributed by atoms with Crippen molar-refractivity contribution < 1.29 is 23.0 Å². The summed E-state index contributed by atoms with van der Waals surface area (Å²) in [6, 6.07) is 11.5. The lowest BCUT2D eigenvalue weighted by Gasteiger charge is -2.24. The number of benzene rings is 1. The normalized spacial score (nSPS) is 13.4. The number of pyridine rings is 1. The lowest BCUT2D eigenvalue weighted by Crippen LogP contribution is -2.25. The Hall–Kier alpha value is -4.11. The van der Waals surface area contributed by atoms with Gasteiger partial charge in [-0.2, -0.15) is 0 Å². The molecule has 0 aliphatic heterocycles. The van der Waals surface area contributed by atoms with Gasteiger partial charge < -0.3 is 9.47 Å². The van der Waals surface area contributed by atoms with Gasteiger partial charge in [0.15, 0.2) is 4.88 Å². The summed E-state index contributed by atoms with van der Waals surface area (Å²) < 4.78 is 41.6. The van der Waals surface area contributed by atoms with Crippen molar-refractivity contribution in [2.45, 2.75) is 32.8 Å². The number of allylic oxidation sites excluding steroid dienone is 3. The van der Waals surface area contributed by atoms with E-state index < -0.39 is 18.0 Å². The maximum absolute atomic E-state index is 14.3. The molecule has 4 aromatic rings. The predicted octanol–water partition coefficient (Wildman–Crippen LogP) is 7.42. The van der Waals surface area contributed by atoms with Gasteiger partial charge in [0.2, 0.25) is 0 Å². The van der Waals surface area contributed by atoms with Crippen molar-refractivity contribution in [1.82, 2.24) is 14.5 Å². The van der Waals surface area contributed by atoms with Crippen LogP contribution in [0.2, 0.25) is 0 Å². The molecule has 0 N–H and O–H groups in total. The molecule has 0 radical (unpaired) electrons. The molecule has 0 amide bonds. The van der Waals surface area contributed by atoms with E-state index in [9.17, 15) is 13.6 Å². The molecular formula is C29H27F2N3O3S. The van der Waals surface area contributed by atoms with Gasteiger partial charge in [-0.1, -0.05) is 30.9 Å². The van der Waals surface area contributed by atoms with Gasteiger partial charge in [-0.25, -0.2) is 18.6 Å². The van der Waals surface area contributed by atoms with Crippen molar-refractivity contribution in [3.05, 3.63) is 95.9 Å². The minimum absolute atomic E-state index is 0.175. The zero-order valence-electron chi connectivity index (χ0n) is 21.4. The van der Waals surface area contributed by atoms with E-state index in [-0.39, 0.29) is 21.8 Å². The van der Waals surface area contributed by atoms with E-state index in [4.69, 9.17) is 9.47 Å². The lowest BCUT2D eigenvalue weighted by atomic mass is 9.95. The van der Waals surface area contributed by atoms with Gasteiger partial charge in [-0.15, -0.1) is 11.3 Å². The summed E-state index contributed by atoms with van der Waals surface area (Å²) >= 11 is 1.16. The molecule has 196 valence electrons. The third-order valence-corrected chi connectivity index (χ3v) is 7.06. The first-order valence-electron chi connectivity index (χ1n) is 11.8. The lowest BCUT2D eigenvalue weighted by molar-refractivity contribution is 0.0588. The van der Waals surface area contributed by atoms with E-state index in [1.807, 2.05) is 34.9 Å². The average molecular weight is 536 g/mol. The molecular weight excluding hydrogens is 508 g/mol. The molecule has 0 fully saturated rings. The monoisotopic (exact) mass is 535 g/mol. The number of nitrogens with zero attached hydrogens (tertiary/aromatic N) is 3. The van der Waals surface area contributed by atoms with Crippen LogP contribution in [0.15, 0.2) is 91.1 Å². The van der Waals surface area contributed by atoms with Gasteiger partial charge in [-0.3, -0.25) is 9.55 Å². The Balaban J connectivity index is 1.73. The second kappa shape index (κ2) is 11.1. The maximum atomic E-state index is 14.3. The number of rotatable bonds is 9. The first-order valence-corrected chi connectivity index (χ1v) is 12.6. The Morgan fingerprint density at radius 1 is 1.18 bits per heavy atom. The number of thiophene rings is 1. The second-order valence-corrected chi connectivity index (χ2v) is 9.56. The van der Waals surface area contributed by atoms with Gasteiger partial charge in [0.05, 0.1) is 18.1 Å². The fraction of sp³-hybridized carbons (Fsp3) is 0.207. The minimum atomic E-state index is -3.09. The zero-order chi connectivity index (χ0) is 27.4. The summed E-state index contributed by atoms with van der Waals surface area (Å²) in [4.78, 5) is 21.4. The number of alkyl halides is 2. The number of hydrogen-bond acceptors (Lipinski definition) is 6. The highest BCUT2D eigenvalue weighted by molar-refractivity contribution is 7.16. The molecule has 3 aromatic heterocycles. The first-order chi connectivity index (χ1) is 18.2. The molecule has 1 atom stereocenters. The Bertz CT molecular complexity index is 1530. The van der Waals surface area contributed by atoms with E-state index in [0.717, 1.165) is 40.4 Å². The van der Waals surface area contributed by atoms with E-state index in [2.05, 4.69) is 16.5 Å². The standard InChI is InChI=1S/C29H27F2N3O3S/c1-6-8-21(22(7-2)29(4,30)31)18(3)37-25-16-26(38-27(25)28(35)36-5)34-17-33-23-15-20(9-10-24(23)34)19-11-13-32-14-12-19/h6-18H,1H2,2-5H3/b21-8-,22-7+. The molecule has 9 heteroatoms. The predicted molar refractivity (Wildman–Crippen MR) is 146 cm³/mol. The molecule has 0 saturated heterocycles. The van der Waals surface area contributed by atoms with Crippen LogP contribution in [-0.4, -0.2) is 39.6 Å². The molecule has 38 heavy (non-hydrogen) atoms.